The molecule has 1 unspecified atom stereocenters. The summed E-state index contributed by atoms with van der Waals surface area (Å²) in [5.74, 6) is 1.52. The van der Waals surface area contributed by atoms with E-state index in [1.54, 1.807) is 6.33 Å². The monoisotopic (exact) mass is 769 g/mol. The molecule has 4 aliphatic carbocycles. The molecular weight excluding hydrogens is 701 g/mol. The third kappa shape index (κ3) is 5.43. The Hall–Kier alpha value is -3.08. The van der Waals surface area contributed by atoms with Crippen molar-refractivity contribution in [3.05, 3.63) is 48.7 Å². The SMILES string of the molecule is CN[C@@](C)(CO[C@H]1[C@H](n2ncnc2-c2ccn3ccnc3c2)C[C@@]23COCC1(C)[C@@H]2CC[C@H]1C3=CC[C@@]2(C)[C@H](C(=O)O)[C@@](C)([C@H](C)C(C)C)CC[C@]12C)C(C)C. The lowest BCUT2D eigenvalue weighted by atomic mass is 9.34. The molecule has 5 aliphatic rings. The predicted molar refractivity (Wildman–Crippen MR) is 219 cm³/mol. The zero-order valence-electron chi connectivity index (χ0n) is 35.9. The van der Waals surface area contributed by atoms with Gasteiger partial charge in [0.25, 0.3) is 0 Å². The molecule has 0 amide bonds. The third-order valence-corrected chi connectivity index (χ3v) is 18.0. The van der Waals surface area contributed by atoms with E-state index in [0.717, 1.165) is 55.6 Å². The quantitative estimate of drug-likeness (QED) is 0.197. The number of rotatable bonds is 10. The second-order valence-electron chi connectivity index (χ2n) is 20.8. The van der Waals surface area contributed by atoms with Crippen molar-refractivity contribution in [2.45, 2.75) is 125 Å². The number of carboxylic acid groups (broad SMARTS) is 1. The van der Waals surface area contributed by atoms with E-state index < -0.39 is 11.9 Å². The molecule has 10 heteroatoms. The second-order valence-corrected chi connectivity index (χ2v) is 20.8. The number of pyridine rings is 1. The van der Waals surface area contributed by atoms with Gasteiger partial charge in [-0.25, -0.2) is 14.6 Å². The highest BCUT2D eigenvalue weighted by atomic mass is 16.5. The van der Waals surface area contributed by atoms with Gasteiger partial charge in [0.15, 0.2) is 5.82 Å². The van der Waals surface area contributed by atoms with Crippen LogP contribution in [0.25, 0.3) is 17.0 Å². The number of hydrogen-bond donors (Lipinski definition) is 2. The average molecular weight is 769 g/mol. The number of nitrogens with zero attached hydrogens (tertiary/aromatic N) is 5. The number of nitrogens with one attached hydrogen (secondary N) is 1. The summed E-state index contributed by atoms with van der Waals surface area (Å²) in [5.41, 5.74) is 1.84. The largest absolute Gasteiger partial charge is 0.481 e. The van der Waals surface area contributed by atoms with Crippen LogP contribution in [0.3, 0.4) is 0 Å². The number of ether oxygens (including phenoxy) is 2. The van der Waals surface area contributed by atoms with E-state index in [9.17, 15) is 9.90 Å². The van der Waals surface area contributed by atoms with Gasteiger partial charge < -0.3 is 24.3 Å². The molecule has 0 radical (unpaired) electrons. The van der Waals surface area contributed by atoms with Crippen LogP contribution in [-0.2, 0) is 14.3 Å². The Kier molecular flexibility index (Phi) is 9.57. The Balaban J connectivity index is 1.25. The van der Waals surface area contributed by atoms with Crippen LogP contribution < -0.4 is 5.32 Å². The lowest BCUT2D eigenvalue weighted by molar-refractivity contribution is -0.253. The van der Waals surface area contributed by atoms with E-state index in [2.05, 4.69) is 102 Å². The van der Waals surface area contributed by atoms with Crippen LogP contribution in [-0.4, -0.2) is 73.7 Å². The van der Waals surface area contributed by atoms with Crippen LogP contribution in [0.15, 0.2) is 48.7 Å². The van der Waals surface area contributed by atoms with Gasteiger partial charge in [0.2, 0.25) is 0 Å². The summed E-state index contributed by atoms with van der Waals surface area (Å²) < 4.78 is 18.4. The van der Waals surface area contributed by atoms with Gasteiger partial charge in [-0.1, -0.05) is 74.0 Å². The second kappa shape index (κ2) is 13.5. The maximum Gasteiger partial charge on any atom is 0.307 e. The van der Waals surface area contributed by atoms with Crippen molar-refractivity contribution in [1.29, 1.82) is 0 Å². The molecule has 4 heterocycles. The minimum Gasteiger partial charge on any atom is -0.481 e. The molecule has 3 saturated carbocycles. The molecule has 0 spiro atoms. The first kappa shape index (κ1) is 39.7. The Morgan fingerprint density at radius 3 is 2.54 bits per heavy atom. The van der Waals surface area contributed by atoms with Crippen molar-refractivity contribution in [1.82, 2.24) is 29.5 Å². The summed E-state index contributed by atoms with van der Waals surface area (Å²) in [7, 11) is 2.04. The summed E-state index contributed by atoms with van der Waals surface area (Å²) in [6, 6.07) is 4.10. The highest BCUT2D eigenvalue weighted by Gasteiger charge is 2.72. The molecule has 10 nitrogen and oxygen atoms in total. The standard InChI is InChI=1S/C46H68N6O4/c1-28(2)30(5)41(6)17-18-43(8)32-12-13-35-42(7)24-55-26-46(35,33(32)14-16-44(43,9)37(41)40(53)54)23-34(38(42)56-25-45(10,47-11)29(3)4)52-39(49-27-50-52)31-15-20-51-21-19-48-36(51)22-31/h14-15,19-22,27-30,32,34-35,37-38,47H,12-13,16-18,23-26H2,1-11H3,(H,53,54)/t30-,32+,34-,35+,37-,38+,41-,42?,43-,44+,45+,46+/m1/s1. The van der Waals surface area contributed by atoms with E-state index in [4.69, 9.17) is 19.6 Å². The van der Waals surface area contributed by atoms with Crippen molar-refractivity contribution in [2.75, 3.05) is 26.9 Å². The van der Waals surface area contributed by atoms with E-state index >= 15 is 0 Å². The van der Waals surface area contributed by atoms with E-state index in [0.29, 0.717) is 43.5 Å². The van der Waals surface area contributed by atoms with Gasteiger partial charge in [0, 0.05) is 40.5 Å². The number of fused-ring (bicyclic) bond motifs is 4. The number of hydrogen-bond acceptors (Lipinski definition) is 7. The minimum atomic E-state index is -0.620. The lowest BCUT2D eigenvalue weighted by Gasteiger charge is -2.71. The minimum absolute atomic E-state index is 0.101. The summed E-state index contributed by atoms with van der Waals surface area (Å²) in [4.78, 5) is 23.1. The smallest absolute Gasteiger partial charge is 0.307 e. The van der Waals surface area contributed by atoms with Crippen LogP contribution in [0.2, 0.25) is 0 Å². The van der Waals surface area contributed by atoms with E-state index in [1.807, 2.05) is 30.0 Å². The van der Waals surface area contributed by atoms with Crippen molar-refractivity contribution >= 4 is 11.6 Å². The predicted octanol–water partition coefficient (Wildman–Crippen LogP) is 8.74. The molecule has 12 atom stereocenters. The Labute approximate surface area is 334 Å². The lowest BCUT2D eigenvalue weighted by Crippen LogP contribution is -2.69. The van der Waals surface area contributed by atoms with Crippen LogP contribution in [0.1, 0.15) is 114 Å². The zero-order chi connectivity index (χ0) is 40.2. The van der Waals surface area contributed by atoms with Crippen LogP contribution in [0.5, 0.6) is 0 Å². The summed E-state index contributed by atoms with van der Waals surface area (Å²) in [6.45, 7) is 25.0. The van der Waals surface area contributed by atoms with Gasteiger partial charge in [-0.05, 0) is 110 Å². The topological polar surface area (TPSA) is 116 Å². The molecule has 8 rings (SSSR count). The molecule has 0 aromatic carbocycles. The Morgan fingerprint density at radius 2 is 1.84 bits per heavy atom. The summed E-state index contributed by atoms with van der Waals surface area (Å²) in [6.07, 6.45) is 15.6. The molecule has 56 heavy (non-hydrogen) atoms. The van der Waals surface area contributed by atoms with Gasteiger partial charge in [-0.3, -0.25) is 4.79 Å². The molecule has 2 N–H and O–H groups in total. The fourth-order valence-corrected chi connectivity index (χ4v) is 13.7. The van der Waals surface area contributed by atoms with Gasteiger partial charge in [0.1, 0.15) is 12.0 Å². The number of carboxylic acids is 1. The summed E-state index contributed by atoms with van der Waals surface area (Å²) in [5, 5.41) is 19.8. The highest BCUT2D eigenvalue weighted by Crippen LogP contribution is 2.75. The van der Waals surface area contributed by atoms with Gasteiger partial charge in [-0.15, -0.1) is 0 Å². The van der Waals surface area contributed by atoms with Crippen molar-refractivity contribution in [2.24, 2.45) is 62.6 Å². The van der Waals surface area contributed by atoms with Gasteiger partial charge >= 0.3 is 5.97 Å². The highest BCUT2D eigenvalue weighted by molar-refractivity contribution is 5.73. The first-order valence-electron chi connectivity index (χ1n) is 21.5. The molecule has 306 valence electrons. The molecule has 1 saturated heterocycles. The number of likely N-dealkylation sites (N-methyl/N-ethyl adjacent to an activating group) is 1. The maximum absolute atomic E-state index is 13.6. The fraction of sp³-hybridized carbons (Fsp3) is 0.739. The average Bonchev–Trinajstić information content (AvgIpc) is 3.84. The molecule has 3 aromatic rings. The number of aliphatic carboxylic acids is 1. The first-order valence-corrected chi connectivity index (χ1v) is 21.5. The fourth-order valence-electron chi connectivity index (χ4n) is 13.7. The van der Waals surface area contributed by atoms with Crippen molar-refractivity contribution < 1.29 is 19.4 Å². The van der Waals surface area contributed by atoms with Crippen LogP contribution in [0, 0.1) is 62.6 Å². The number of imidazole rings is 1. The van der Waals surface area contributed by atoms with E-state index in [-0.39, 0.29) is 50.7 Å². The van der Waals surface area contributed by atoms with Crippen molar-refractivity contribution in [3.8, 4) is 11.4 Å². The van der Waals surface area contributed by atoms with E-state index in [1.165, 1.54) is 5.57 Å². The zero-order valence-corrected chi connectivity index (χ0v) is 35.9. The Bertz CT molecular complexity index is 2000. The number of aromatic nitrogens is 5. The third-order valence-electron chi connectivity index (χ3n) is 18.0. The van der Waals surface area contributed by atoms with Crippen LogP contribution in [0.4, 0.5) is 0 Å². The van der Waals surface area contributed by atoms with Gasteiger partial charge in [-0.2, -0.15) is 5.10 Å². The van der Waals surface area contributed by atoms with Gasteiger partial charge in [0.05, 0.1) is 37.9 Å². The number of carbonyl (C=O) groups is 1. The molecular formula is C46H68N6O4. The Morgan fingerprint density at radius 1 is 1.07 bits per heavy atom. The molecule has 2 bridgehead atoms. The molecule has 1 aliphatic heterocycles. The van der Waals surface area contributed by atoms with Crippen LogP contribution >= 0.6 is 0 Å². The molecule has 4 fully saturated rings. The normalized spacial score (nSPS) is 39.7. The first-order chi connectivity index (χ1) is 26.4. The summed E-state index contributed by atoms with van der Waals surface area (Å²) >= 11 is 0. The number of allylic oxidation sites excluding steroid dienone is 1. The maximum atomic E-state index is 13.6. The molecule has 3 aromatic heterocycles. The van der Waals surface area contributed by atoms with Crippen molar-refractivity contribution in [3.63, 3.8) is 0 Å².